The fourth-order valence-electron chi connectivity index (χ4n) is 4.20. The molecule has 4 rings (SSSR count). The maximum atomic E-state index is 12.8. The van der Waals surface area contributed by atoms with Crippen LogP contribution >= 0.6 is 11.3 Å². The van der Waals surface area contributed by atoms with Crippen molar-refractivity contribution < 1.29 is 4.79 Å². The third kappa shape index (κ3) is 4.41. The molecule has 4 nitrogen and oxygen atoms in total. The first-order chi connectivity index (χ1) is 13.2. The Morgan fingerprint density at radius 3 is 2.89 bits per heavy atom. The second-order valence-corrected chi connectivity index (χ2v) is 8.80. The molecule has 1 fully saturated rings. The van der Waals surface area contributed by atoms with Gasteiger partial charge in [-0.2, -0.15) is 0 Å². The number of nitrogens with zero attached hydrogens (tertiary/aromatic N) is 2. The van der Waals surface area contributed by atoms with Crippen molar-refractivity contribution >= 4 is 17.2 Å². The van der Waals surface area contributed by atoms with E-state index >= 15 is 0 Å². The van der Waals surface area contributed by atoms with Gasteiger partial charge in [-0.1, -0.05) is 32.3 Å². The quantitative estimate of drug-likeness (QED) is 0.836. The van der Waals surface area contributed by atoms with Crippen LogP contribution < -0.4 is 5.32 Å². The number of carbonyl (C=O) groups is 1. The van der Waals surface area contributed by atoms with Crippen LogP contribution in [0.25, 0.3) is 0 Å². The topological polar surface area (TPSA) is 45.2 Å². The normalized spacial score (nSPS) is 18.3. The minimum atomic E-state index is 0.143. The molecule has 2 aliphatic rings. The smallest absolute Gasteiger partial charge is 0.252 e. The highest BCUT2D eigenvalue weighted by Gasteiger charge is 2.25. The minimum Gasteiger partial charge on any atom is -0.349 e. The molecule has 144 valence electrons. The van der Waals surface area contributed by atoms with Gasteiger partial charge in [-0.25, -0.2) is 0 Å². The number of rotatable bonds is 5. The third-order valence-electron chi connectivity index (χ3n) is 5.89. The van der Waals surface area contributed by atoms with Gasteiger partial charge < -0.3 is 5.32 Å². The molecule has 0 bridgehead atoms. The number of nitrogens with one attached hydrogen (secondary N) is 1. The van der Waals surface area contributed by atoms with Crippen LogP contribution in [0.15, 0.2) is 23.7 Å². The molecule has 0 unspecified atom stereocenters. The Labute approximate surface area is 166 Å². The highest BCUT2D eigenvalue weighted by Crippen LogP contribution is 2.30. The van der Waals surface area contributed by atoms with Gasteiger partial charge in [-0.05, 0) is 42.9 Å². The van der Waals surface area contributed by atoms with Crippen molar-refractivity contribution in [1.29, 1.82) is 0 Å². The molecule has 1 aliphatic carbocycles. The third-order valence-corrected chi connectivity index (χ3v) is 6.90. The molecule has 1 saturated carbocycles. The second kappa shape index (κ2) is 8.53. The highest BCUT2D eigenvalue weighted by molar-refractivity contribution is 7.10. The van der Waals surface area contributed by atoms with E-state index in [9.17, 15) is 4.79 Å². The molecule has 1 aliphatic heterocycles. The fraction of sp³-hybridized carbons (Fsp3) is 0.545. The van der Waals surface area contributed by atoms with E-state index in [2.05, 4.69) is 39.6 Å². The average molecular weight is 384 g/mol. The lowest BCUT2D eigenvalue weighted by Crippen LogP contribution is -2.37. The first-order valence-electron chi connectivity index (χ1n) is 10.3. The van der Waals surface area contributed by atoms with Crippen LogP contribution in [0.2, 0.25) is 0 Å². The van der Waals surface area contributed by atoms with E-state index in [0.717, 1.165) is 56.6 Å². The average Bonchev–Trinajstić information content (AvgIpc) is 3.13. The number of carbonyl (C=O) groups excluding carboxylic acids is 1. The summed E-state index contributed by atoms with van der Waals surface area (Å²) < 4.78 is 0. The van der Waals surface area contributed by atoms with Gasteiger partial charge in [0.2, 0.25) is 0 Å². The fourth-order valence-corrected chi connectivity index (χ4v) is 5.32. The molecule has 0 saturated heterocycles. The van der Waals surface area contributed by atoms with Crippen LogP contribution in [0.5, 0.6) is 0 Å². The first-order valence-corrected chi connectivity index (χ1v) is 11.2. The number of amides is 1. The monoisotopic (exact) mass is 383 g/mol. The van der Waals surface area contributed by atoms with Crippen LogP contribution in [-0.2, 0) is 25.9 Å². The predicted octanol–water partition coefficient (Wildman–Crippen LogP) is 4.33. The van der Waals surface area contributed by atoms with Gasteiger partial charge in [0.05, 0.1) is 11.3 Å². The van der Waals surface area contributed by atoms with E-state index in [-0.39, 0.29) is 5.91 Å². The van der Waals surface area contributed by atoms with Crippen LogP contribution in [0.4, 0.5) is 0 Å². The summed E-state index contributed by atoms with van der Waals surface area (Å²) in [6.07, 6.45) is 10.0. The van der Waals surface area contributed by atoms with Gasteiger partial charge in [-0.3, -0.25) is 14.7 Å². The molecule has 27 heavy (non-hydrogen) atoms. The summed E-state index contributed by atoms with van der Waals surface area (Å²) in [7, 11) is 0. The van der Waals surface area contributed by atoms with Crippen molar-refractivity contribution in [2.45, 2.75) is 71.0 Å². The Bertz CT molecular complexity index is 777. The molecule has 0 radical (unpaired) electrons. The van der Waals surface area contributed by atoms with Crippen LogP contribution in [0.3, 0.4) is 0 Å². The van der Waals surface area contributed by atoms with Crippen molar-refractivity contribution in [2.75, 3.05) is 6.54 Å². The molecule has 1 N–H and O–H groups in total. The number of aromatic nitrogens is 1. The largest absolute Gasteiger partial charge is 0.349 e. The van der Waals surface area contributed by atoms with E-state index in [1.807, 2.05) is 6.20 Å². The molecule has 2 aromatic rings. The SMILES string of the molecule is CCc1ccc(CN2CCc3c(C(=O)NC4CCCCC4)csc3C2)nc1. The second-order valence-electron chi connectivity index (χ2n) is 7.83. The van der Waals surface area contributed by atoms with E-state index in [1.54, 1.807) is 11.3 Å². The molecule has 0 spiro atoms. The summed E-state index contributed by atoms with van der Waals surface area (Å²) in [6.45, 7) is 4.95. The van der Waals surface area contributed by atoms with Gasteiger partial charge in [0.15, 0.2) is 0 Å². The van der Waals surface area contributed by atoms with Crippen molar-refractivity contribution in [3.63, 3.8) is 0 Å². The molecule has 2 aromatic heterocycles. The summed E-state index contributed by atoms with van der Waals surface area (Å²) in [4.78, 5) is 21.1. The summed E-state index contributed by atoms with van der Waals surface area (Å²) in [5.41, 5.74) is 4.61. The maximum absolute atomic E-state index is 12.8. The predicted molar refractivity (Wildman–Crippen MR) is 110 cm³/mol. The number of pyridine rings is 1. The minimum absolute atomic E-state index is 0.143. The summed E-state index contributed by atoms with van der Waals surface area (Å²) >= 11 is 1.74. The number of thiophene rings is 1. The van der Waals surface area contributed by atoms with Crippen molar-refractivity contribution in [3.8, 4) is 0 Å². The highest BCUT2D eigenvalue weighted by atomic mass is 32.1. The number of aryl methyl sites for hydroxylation is 1. The van der Waals surface area contributed by atoms with E-state index in [4.69, 9.17) is 0 Å². The zero-order chi connectivity index (χ0) is 18.6. The maximum Gasteiger partial charge on any atom is 0.252 e. The number of hydrogen-bond acceptors (Lipinski definition) is 4. The van der Waals surface area contributed by atoms with Gasteiger partial charge in [0.25, 0.3) is 5.91 Å². The van der Waals surface area contributed by atoms with Gasteiger partial charge in [0, 0.05) is 42.1 Å². The zero-order valence-corrected chi connectivity index (χ0v) is 17.0. The van der Waals surface area contributed by atoms with Gasteiger partial charge >= 0.3 is 0 Å². The van der Waals surface area contributed by atoms with Crippen LogP contribution in [-0.4, -0.2) is 28.4 Å². The van der Waals surface area contributed by atoms with Crippen LogP contribution in [0, 0.1) is 0 Å². The Hall–Kier alpha value is -1.72. The molecule has 0 atom stereocenters. The Balaban J connectivity index is 1.38. The first kappa shape index (κ1) is 18.6. The van der Waals surface area contributed by atoms with Gasteiger partial charge in [-0.15, -0.1) is 11.3 Å². The number of fused-ring (bicyclic) bond motifs is 1. The van der Waals surface area contributed by atoms with Crippen molar-refractivity contribution in [3.05, 3.63) is 51.0 Å². The summed E-state index contributed by atoms with van der Waals surface area (Å²) in [5.74, 6) is 0.143. The lowest BCUT2D eigenvalue weighted by atomic mass is 9.95. The molecule has 3 heterocycles. The lowest BCUT2D eigenvalue weighted by Gasteiger charge is -2.27. The molecule has 0 aromatic carbocycles. The van der Waals surface area contributed by atoms with Crippen molar-refractivity contribution in [2.24, 2.45) is 0 Å². The summed E-state index contributed by atoms with van der Waals surface area (Å²) in [5, 5.41) is 5.35. The Morgan fingerprint density at radius 2 is 2.15 bits per heavy atom. The van der Waals surface area contributed by atoms with E-state index in [1.165, 1.54) is 35.3 Å². The van der Waals surface area contributed by atoms with E-state index in [0.29, 0.717) is 6.04 Å². The lowest BCUT2D eigenvalue weighted by molar-refractivity contribution is 0.0926. The molecular weight excluding hydrogens is 354 g/mol. The zero-order valence-electron chi connectivity index (χ0n) is 16.2. The standard InChI is InChI=1S/C22H29N3OS/c1-2-16-8-9-18(23-12-16)13-25-11-10-19-20(15-27-21(19)14-25)22(26)24-17-6-4-3-5-7-17/h8-9,12,15,17H,2-7,10-11,13-14H2,1H3,(H,24,26). The Morgan fingerprint density at radius 1 is 1.30 bits per heavy atom. The Kier molecular flexibility index (Phi) is 5.89. The summed E-state index contributed by atoms with van der Waals surface area (Å²) in [6, 6.07) is 4.70. The van der Waals surface area contributed by atoms with Crippen LogP contribution in [0.1, 0.15) is 71.1 Å². The molecule has 1 amide bonds. The van der Waals surface area contributed by atoms with E-state index < -0.39 is 0 Å². The molecular formula is C22H29N3OS. The van der Waals surface area contributed by atoms with Crippen molar-refractivity contribution in [1.82, 2.24) is 15.2 Å². The molecule has 5 heteroatoms. The van der Waals surface area contributed by atoms with Gasteiger partial charge in [0.1, 0.15) is 0 Å². The number of hydrogen-bond donors (Lipinski definition) is 1.